The fraction of sp³-hybridized carbons (Fsp3) is 0.833. The first-order valence-corrected chi connectivity index (χ1v) is 6.77. The number of hydrogen-bond donors (Lipinski definition) is 2. The summed E-state index contributed by atoms with van der Waals surface area (Å²) in [7, 11) is 1.67. The third-order valence-corrected chi connectivity index (χ3v) is 3.46. The van der Waals surface area contributed by atoms with E-state index >= 15 is 0 Å². The minimum absolute atomic E-state index is 0.103. The first-order valence-electron chi connectivity index (χ1n) is 6.36. The zero-order valence-corrected chi connectivity index (χ0v) is 11.4. The molecule has 0 aromatic rings. The molecule has 0 radical (unpaired) electrons. The zero-order valence-electron chi connectivity index (χ0n) is 10.6. The van der Waals surface area contributed by atoms with Gasteiger partial charge >= 0.3 is 0 Å². The van der Waals surface area contributed by atoms with Gasteiger partial charge in [0.15, 0.2) is 0 Å². The Kier molecular flexibility index (Phi) is 6.44. The lowest BCUT2D eigenvalue weighted by Crippen LogP contribution is -2.40. The molecule has 3 N–H and O–H groups in total. The lowest BCUT2D eigenvalue weighted by atomic mass is 10.2. The van der Waals surface area contributed by atoms with Crippen LogP contribution in [0.25, 0.3) is 0 Å². The van der Waals surface area contributed by atoms with Gasteiger partial charge in [-0.2, -0.15) is 0 Å². The van der Waals surface area contributed by atoms with Gasteiger partial charge in [0.25, 0.3) is 0 Å². The molecule has 1 rings (SSSR count). The fourth-order valence-corrected chi connectivity index (χ4v) is 2.59. The summed E-state index contributed by atoms with van der Waals surface area (Å²) in [4.78, 5) is 14.1. The Morgan fingerprint density at radius 1 is 1.47 bits per heavy atom. The van der Waals surface area contributed by atoms with Gasteiger partial charge in [-0.1, -0.05) is 25.1 Å². The van der Waals surface area contributed by atoms with E-state index in [1.54, 1.807) is 7.05 Å². The van der Waals surface area contributed by atoms with Crippen LogP contribution in [0.4, 0.5) is 0 Å². The topological polar surface area (TPSA) is 58.4 Å². The second-order valence-corrected chi connectivity index (χ2v) is 5.18. The van der Waals surface area contributed by atoms with Crippen LogP contribution in [0.1, 0.15) is 38.5 Å². The lowest BCUT2D eigenvalue weighted by Gasteiger charge is -2.28. The number of nitrogens with one attached hydrogen (secondary N) is 1. The van der Waals surface area contributed by atoms with E-state index in [0.717, 1.165) is 13.0 Å². The molecular weight excluding hydrogens is 234 g/mol. The monoisotopic (exact) mass is 257 g/mol. The van der Waals surface area contributed by atoms with Crippen molar-refractivity contribution in [2.24, 2.45) is 5.73 Å². The van der Waals surface area contributed by atoms with Crippen LogP contribution in [0.2, 0.25) is 0 Å². The quantitative estimate of drug-likeness (QED) is 0.669. The SMILES string of the molecule is CNC(=O)CCCN(CC(N)=S)C1CCCC1. The van der Waals surface area contributed by atoms with E-state index in [1.807, 2.05) is 0 Å². The summed E-state index contributed by atoms with van der Waals surface area (Å²) >= 11 is 4.99. The lowest BCUT2D eigenvalue weighted by molar-refractivity contribution is -0.120. The van der Waals surface area contributed by atoms with Crippen LogP contribution in [-0.2, 0) is 4.79 Å². The van der Waals surface area contributed by atoms with Crippen molar-refractivity contribution in [1.29, 1.82) is 0 Å². The van der Waals surface area contributed by atoms with Crippen molar-refractivity contribution in [3.63, 3.8) is 0 Å². The van der Waals surface area contributed by atoms with Crippen molar-refractivity contribution in [3.8, 4) is 0 Å². The maximum Gasteiger partial charge on any atom is 0.219 e. The molecule has 98 valence electrons. The number of nitrogens with two attached hydrogens (primary N) is 1. The van der Waals surface area contributed by atoms with Gasteiger partial charge in [-0.3, -0.25) is 9.69 Å². The normalized spacial score (nSPS) is 16.4. The average molecular weight is 257 g/mol. The Labute approximate surface area is 109 Å². The molecule has 0 atom stereocenters. The van der Waals surface area contributed by atoms with Crippen LogP contribution in [0.15, 0.2) is 0 Å². The molecule has 0 aliphatic heterocycles. The molecule has 5 heteroatoms. The van der Waals surface area contributed by atoms with Gasteiger partial charge in [0.1, 0.15) is 0 Å². The standard InChI is InChI=1S/C12H23N3OS/c1-14-12(16)7-4-8-15(9-11(13)17)10-5-2-3-6-10/h10H,2-9H2,1H3,(H2,13,17)(H,14,16). The molecule has 0 aromatic carbocycles. The summed E-state index contributed by atoms with van der Waals surface area (Å²) in [5.41, 5.74) is 5.63. The van der Waals surface area contributed by atoms with Crippen LogP contribution in [0, 0.1) is 0 Å². The predicted molar refractivity (Wildman–Crippen MR) is 73.9 cm³/mol. The van der Waals surface area contributed by atoms with Crippen LogP contribution in [0.5, 0.6) is 0 Å². The van der Waals surface area contributed by atoms with E-state index in [-0.39, 0.29) is 5.91 Å². The van der Waals surface area contributed by atoms with Gasteiger partial charge < -0.3 is 11.1 Å². The molecule has 1 aliphatic carbocycles. The Morgan fingerprint density at radius 3 is 2.65 bits per heavy atom. The second kappa shape index (κ2) is 7.61. The summed E-state index contributed by atoms with van der Waals surface area (Å²) in [6, 6.07) is 0.612. The highest BCUT2D eigenvalue weighted by molar-refractivity contribution is 7.80. The Bertz CT molecular complexity index is 264. The molecule has 0 heterocycles. The Balaban J connectivity index is 2.34. The van der Waals surface area contributed by atoms with Crippen molar-refractivity contribution in [2.45, 2.75) is 44.6 Å². The summed E-state index contributed by atoms with van der Waals surface area (Å²) in [6.45, 7) is 1.60. The summed E-state index contributed by atoms with van der Waals surface area (Å²) < 4.78 is 0. The molecule has 1 saturated carbocycles. The third-order valence-electron chi connectivity index (χ3n) is 3.33. The minimum Gasteiger partial charge on any atom is -0.392 e. The molecule has 1 amide bonds. The number of rotatable bonds is 7. The molecular formula is C12H23N3OS. The number of thiocarbonyl (C=S) groups is 1. The summed E-state index contributed by atoms with van der Waals surface area (Å²) in [5.74, 6) is 0.103. The largest absolute Gasteiger partial charge is 0.392 e. The van der Waals surface area contributed by atoms with Crippen LogP contribution < -0.4 is 11.1 Å². The zero-order chi connectivity index (χ0) is 12.7. The van der Waals surface area contributed by atoms with E-state index in [9.17, 15) is 4.79 Å². The van der Waals surface area contributed by atoms with Crippen molar-refractivity contribution in [2.75, 3.05) is 20.1 Å². The molecule has 0 unspecified atom stereocenters. The number of amides is 1. The molecule has 1 fully saturated rings. The molecule has 0 saturated heterocycles. The first-order chi connectivity index (χ1) is 8.13. The van der Waals surface area contributed by atoms with Crippen LogP contribution in [-0.4, -0.2) is 42.0 Å². The van der Waals surface area contributed by atoms with Crippen molar-refractivity contribution >= 4 is 23.1 Å². The van der Waals surface area contributed by atoms with E-state index in [1.165, 1.54) is 25.7 Å². The van der Waals surface area contributed by atoms with Gasteiger partial charge in [0, 0.05) is 26.1 Å². The van der Waals surface area contributed by atoms with E-state index in [0.29, 0.717) is 24.0 Å². The average Bonchev–Trinajstić information content (AvgIpc) is 2.80. The van der Waals surface area contributed by atoms with Gasteiger partial charge in [-0.05, 0) is 25.8 Å². The number of carbonyl (C=O) groups is 1. The van der Waals surface area contributed by atoms with Gasteiger partial charge in [0.2, 0.25) is 5.91 Å². The highest BCUT2D eigenvalue weighted by Crippen LogP contribution is 2.23. The van der Waals surface area contributed by atoms with E-state index in [4.69, 9.17) is 18.0 Å². The number of carbonyl (C=O) groups excluding carboxylic acids is 1. The van der Waals surface area contributed by atoms with Crippen LogP contribution >= 0.6 is 12.2 Å². The summed E-state index contributed by atoms with van der Waals surface area (Å²) in [5, 5.41) is 2.64. The maximum atomic E-state index is 11.2. The molecule has 1 aliphatic rings. The summed E-state index contributed by atoms with van der Waals surface area (Å²) in [6.07, 6.45) is 6.53. The van der Waals surface area contributed by atoms with E-state index < -0.39 is 0 Å². The van der Waals surface area contributed by atoms with Crippen molar-refractivity contribution in [1.82, 2.24) is 10.2 Å². The van der Waals surface area contributed by atoms with Gasteiger partial charge in [-0.15, -0.1) is 0 Å². The predicted octanol–water partition coefficient (Wildman–Crippen LogP) is 1.04. The second-order valence-electron chi connectivity index (χ2n) is 4.65. The minimum atomic E-state index is 0.103. The highest BCUT2D eigenvalue weighted by Gasteiger charge is 2.22. The van der Waals surface area contributed by atoms with Gasteiger partial charge in [0.05, 0.1) is 4.99 Å². The smallest absolute Gasteiger partial charge is 0.219 e. The maximum absolute atomic E-state index is 11.2. The highest BCUT2D eigenvalue weighted by atomic mass is 32.1. The molecule has 0 aromatic heterocycles. The van der Waals surface area contributed by atoms with E-state index in [2.05, 4.69) is 10.2 Å². The Morgan fingerprint density at radius 2 is 2.12 bits per heavy atom. The fourth-order valence-electron chi connectivity index (χ4n) is 2.43. The molecule has 0 bridgehead atoms. The molecule has 17 heavy (non-hydrogen) atoms. The van der Waals surface area contributed by atoms with Gasteiger partial charge in [-0.25, -0.2) is 0 Å². The number of nitrogens with zero attached hydrogens (tertiary/aromatic N) is 1. The first kappa shape index (κ1) is 14.4. The van der Waals surface area contributed by atoms with Crippen molar-refractivity contribution in [3.05, 3.63) is 0 Å². The van der Waals surface area contributed by atoms with Crippen LogP contribution in [0.3, 0.4) is 0 Å². The number of hydrogen-bond acceptors (Lipinski definition) is 3. The Hall–Kier alpha value is -0.680. The third kappa shape index (κ3) is 5.46. The van der Waals surface area contributed by atoms with Crippen molar-refractivity contribution < 1.29 is 4.79 Å². The molecule has 0 spiro atoms. The molecule has 4 nitrogen and oxygen atoms in total.